The monoisotopic (exact) mass is 295 g/mol. The number of amides is 1. The van der Waals surface area contributed by atoms with Gasteiger partial charge in [-0.2, -0.15) is 0 Å². The van der Waals surface area contributed by atoms with E-state index < -0.39 is 0 Å². The normalized spacial score (nSPS) is 23.0. The number of fused-ring (bicyclic) bond motifs is 2. The van der Waals surface area contributed by atoms with Crippen molar-refractivity contribution >= 4 is 5.91 Å². The molecule has 2 aromatic rings. The Morgan fingerprint density at radius 3 is 3.05 bits per heavy atom. The Morgan fingerprint density at radius 1 is 1.27 bits per heavy atom. The molecule has 1 aliphatic carbocycles. The Morgan fingerprint density at radius 2 is 2.14 bits per heavy atom. The number of aromatic nitrogens is 2. The molecule has 1 aromatic carbocycles. The summed E-state index contributed by atoms with van der Waals surface area (Å²) < 4.78 is 2.19. The van der Waals surface area contributed by atoms with E-state index in [0.717, 1.165) is 43.7 Å². The van der Waals surface area contributed by atoms with Crippen LogP contribution in [0.2, 0.25) is 0 Å². The second-order valence-electron chi connectivity index (χ2n) is 6.49. The lowest BCUT2D eigenvalue weighted by molar-refractivity contribution is -0.123. The van der Waals surface area contributed by atoms with Crippen molar-refractivity contribution < 1.29 is 4.79 Å². The van der Waals surface area contributed by atoms with Crippen LogP contribution in [-0.4, -0.2) is 21.5 Å². The average molecular weight is 295 g/mol. The second kappa shape index (κ2) is 5.27. The summed E-state index contributed by atoms with van der Waals surface area (Å²) in [5.74, 6) is 1.37. The molecule has 1 aromatic heterocycles. The van der Waals surface area contributed by atoms with Gasteiger partial charge in [0.25, 0.3) is 0 Å². The number of nitrogens with one attached hydrogen (secondary N) is 1. The van der Waals surface area contributed by atoms with Crippen LogP contribution in [-0.2, 0) is 24.2 Å². The van der Waals surface area contributed by atoms with Gasteiger partial charge in [-0.05, 0) is 37.3 Å². The van der Waals surface area contributed by atoms with Crippen LogP contribution in [0.25, 0.3) is 0 Å². The molecule has 1 amide bonds. The Hall–Kier alpha value is -2.10. The van der Waals surface area contributed by atoms with Gasteiger partial charge in [-0.25, -0.2) is 4.98 Å². The van der Waals surface area contributed by atoms with E-state index in [9.17, 15) is 4.79 Å². The molecule has 0 bridgehead atoms. The summed E-state index contributed by atoms with van der Waals surface area (Å²) >= 11 is 0. The molecule has 0 radical (unpaired) electrons. The zero-order valence-electron chi connectivity index (χ0n) is 12.9. The predicted octanol–water partition coefficient (Wildman–Crippen LogP) is 2.35. The molecule has 0 saturated heterocycles. The van der Waals surface area contributed by atoms with Gasteiger partial charge in [-0.3, -0.25) is 4.79 Å². The summed E-state index contributed by atoms with van der Waals surface area (Å²) in [6, 6.07) is 8.56. The van der Waals surface area contributed by atoms with Crippen LogP contribution in [0, 0.1) is 6.92 Å². The SMILES string of the molecule is Cc1cn2c(n1)CCC(NC(=O)C1CCc3ccccc31)C2. The highest BCUT2D eigenvalue weighted by Gasteiger charge is 2.30. The first-order valence-electron chi connectivity index (χ1n) is 8.11. The van der Waals surface area contributed by atoms with Crippen LogP contribution < -0.4 is 5.32 Å². The first kappa shape index (κ1) is 13.6. The number of carbonyl (C=O) groups excluding carboxylic acids is 1. The van der Waals surface area contributed by atoms with Crippen molar-refractivity contribution in [2.24, 2.45) is 0 Å². The van der Waals surface area contributed by atoms with Crippen LogP contribution in [0.5, 0.6) is 0 Å². The summed E-state index contributed by atoms with van der Waals surface area (Å²) in [5, 5.41) is 3.26. The molecule has 4 nitrogen and oxygen atoms in total. The molecule has 0 spiro atoms. The highest BCUT2D eigenvalue weighted by Crippen LogP contribution is 2.33. The van der Waals surface area contributed by atoms with Gasteiger partial charge in [0.15, 0.2) is 0 Å². The number of hydrogen-bond donors (Lipinski definition) is 1. The van der Waals surface area contributed by atoms with Gasteiger partial charge in [0.05, 0.1) is 11.6 Å². The molecular formula is C18H21N3O. The van der Waals surface area contributed by atoms with Crippen LogP contribution in [0.3, 0.4) is 0 Å². The van der Waals surface area contributed by atoms with Crippen LogP contribution in [0.15, 0.2) is 30.5 Å². The van der Waals surface area contributed by atoms with Crippen molar-refractivity contribution in [3.8, 4) is 0 Å². The van der Waals surface area contributed by atoms with Crippen molar-refractivity contribution in [2.45, 2.75) is 51.1 Å². The van der Waals surface area contributed by atoms with Crippen molar-refractivity contribution in [1.82, 2.24) is 14.9 Å². The van der Waals surface area contributed by atoms with Gasteiger partial charge in [0, 0.05) is 25.2 Å². The fraction of sp³-hybridized carbons (Fsp3) is 0.444. The third-order valence-electron chi connectivity index (χ3n) is 4.91. The molecule has 2 unspecified atom stereocenters. The minimum Gasteiger partial charge on any atom is -0.351 e. The molecule has 4 rings (SSSR count). The summed E-state index contributed by atoms with van der Waals surface area (Å²) in [5.41, 5.74) is 3.61. The maximum Gasteiger partial charge on any atom is 0.227 e. The average Bonchev–Trinajstić information content (AvgIpc) is 3.09. The predicted molar refractivity (Wildman–Crippen MR) is 84.7 cm³/mol. The molecule has 4 heteroatoms. The second-order valence-corrected chi connectivity index (χ2v) is 6.49. The molecule has 2 heterocycles. The molecule has 1 aliphatic heterocycles. The van der Waals surface area contributed by atoms with Gasteiger partial charge in [-0.1, -0.05) is 24.3 Å². The minimum absolute atomic E-state index is 0.0297. The number of aryl methyl sites for hydroxylation is 3. The molecular weight excluding hydrogens is 274 g/mol. The van der Waals surface area contributed by atoms with Crippen LogP contribution in [0.1, 0.15) is 41.4 Å². The molecule has 114 valence electrons. The molecule has 2 aliphatic rings. The van der Waals surface area contributed by atoms with E-state index in [-0.39, 0.29) is 17.9 Å². The lowest BCUT2D eigenvalue weighted by Crippen LogP contribution is -2.42. The van der Waals surface area contributed by atoms with Gasteiger partial charge < -0.3 is 9.88 Å². The fourth-order valence-corrected chi connectivity index (χ4v) is 3.84. The maximum absolute atomic E-state index is 12.7. The maximum atomic E-state index is 12.7. The van der Waals surface area contributed by atoms with Crippen molar-refractivity contribution in [3.63, 3.8) is 0 Å². The van der Waals surface area contributed by atoms with Crippen molar-refractivity contribution in [3.05, 3.63) is 53.1 Å². The van der Waals surface area contributed by atoms with Gasteiger partial charge >= 0.3 is 0 Å². The smallest absolute Gasteiger partial charge is 0.227 e. The molecule has 22 heavy (non-hydrogen) atoms. The zero-order valence-corrected chi connectivity index (χ0v) is 12.9. The largest absolute Gasteiger partial charge is 0.351 e. The number of rotatable bonds is 2. The zero-order chi connectivity index (χ0) is 15.1. The molecule has 2 atom stereocenters. The van der Waals surface area contributed by atoms with E-state index in [2.05, 4.69) is 39.3 Å². The van der Waals surface area contributed by atoms with Crippen LogP contribution in [0.4, 0.5) is 0 Å². The highest BCUT2D eigenvalue weighted by molar-refractivity contribution is 5.85. The van der Waals surface area contributed by atoms with E-state index in [1.54, 1.807) is 0 Å². The lowest BCUT2D eigenvalue weighted by Gasteiger charge is -2.26. The number of hydrogen-bond acceptors (Lipinski definition) is 2. The summed E-state index contributed by atoms with van der Waals surface area (Å²) in [4.78, 5) is 17.2. The standard InChI is InChI=1S/C18H21N3O/c1-12-10-21-11-14(7-9-17(21)19-12)20-18(22)16-8-6-13-4-2-3-5-15(13)16/h2-5,10,14,16H,6-9,11H2,1H3,(H,20,22). The third-order valence-corrected chi connectivity index (χ3v) is 4.91. The third kappa shape index (κ3) is 2.32. The van der Waals surface area contributed by atoms with E-state index in [1.807, 2.05) is 13.0 Å². The molecule has 0 saturated carbocycles. The summed E-state index contributed by atoms with van der Waals surface area (Å²) in [6.07, 6.45) is 5.96. The fourth-order valence-electron chi connectivity index (χ4n) is 3.84. The number of nitrogens with zero attached hydrogens (tertiary/aromatic N) is 2. The number of imidazole rings is 1. The number of benzene rings is 1. The Balaban J connectivity index is 1.45. The van der Waals surface area contributed by atoms with Crippen LogP contribution >= 0.6 is 0 Å². The Kier molecular flexibility index (Phi) is 3.25. The van der Waals surface area contributed by atoms with Crippen molar-refractivity contribution in [2.75, 3.05) is 0 Å². The topological polar surface area (TPSA) is 46.9 Å². The summed E-state index contributed by atoms with van der Waals surface area (Å²) in [7, 11) is 0. The van der Waals surface area contributed by atoms with Crippen molar-refractivity contribution in [1.29, 1.82) is 0 Å². The highest BCUT2D eigenvalue weighted by atomic mass is 16.2. The van der Waals surface area contributed by atoms with E-state index in [1.165, 1.54) is 11.1 Å². The number of carbonyl (C=O) groups is 1. The van der Waals surface area contributed by atoms with E-state index >= 15 is 0 Å². The first-order valence-corrected chi connectivity index (χ1v) is 8.11. The molecule has 1 N–H and O–H groups in total. The van der Waals surface area contributed by atoms with Gasteiger partial charge in [-0.15, -0.1) is 0 Å². The van der Waals surface area contributed by atoms with E-state index in [0.29, 0.717) is 0 Å². The van der Waals surface area contributed by atoms with E-state index in [4.69, 9.17) is 0 Å². The quantitative estimate of drug-likeness (QED) is 0.924. The minimum atomic E-state index is 0.0297. The first-order chi connectivity index (χ1) is 10.7. The lowest BCUT2D eigenvalue weighted by atomic mass is 9.99. The van der Waals surface area contributed by atoms with Gasteiger partial charge in [0.2, 0.25) is 5.91 Å². The molecule has 0 fully saturated rings. The Labute approximate surface area is 130 Å². The Bertz CT molecular complexity index is 719. The van der Waals surface area contributed by atoms with Gasteiger partial charge in [0.1, 0.15) is 5.82 Å². The summed E-state index contributed by atoms with van der Waals surface area (Å²) in [6.45, 7) is 2.87.